The zero-order valence-electron chi connectivity index (χ0n) is 26.4. The highest BCUT2D eigenvalue weighted by Gasteiger charge is 2.41. The molecule has 11 heteroatoms. The number of hydrogen-bond donors (Lipinski definition) is 3. The number of benzene rings is 3. The van der Waals surface area contributed by atoms with Crippen molar-refractivity contribution in [1.82, 2.24) is 14.7 Å². The molecule has 5 N–H and O–H groups in total. The lowest BCUT2D eigenvalue weighted by Gasteiger charge is -2.22. The van der Waals surface area contributed by atoms with Crippen molar-refractivity contribution in [1.29, 1.82) is 0 Å². The van der Waals surface area contributed by atoms with Crippen LogP contribution in [0, 0.1) is 11.8 Å². The van der Waals surface area contributed by atoms with Crippen molar-refractivity contribution in [2.45, 2.75) is 50.2 Å². The number of sulfonamides is 1. The summed E-state index contributed by atoms with van der Waals surface area (Å²) in [6.45, 7) is 4.69. The molecule has 1 amide bonds. The summed E-state index contributed by atoms with van der Waals surface area (Å²) < 4.78 is 29.8. The van der Waals surface area contributed by atoms with E-state index in [0.717, 1.165) is 48.2 Å². The number of hydrogen-bond acceptors (Lipinski definition) is 8. The van der Waals surface area contributed by atoms with Crippen LogP contribution in [-0.4, -0.2) is 62.8 Å². The van der Waals surface area contributed by atoms with Crippen molar-refractivity contribution < 1.29 is 18.0 Å². The van der Waals surface area contributed by atoms with Gasteiger partial charge < -0.3 is 16.4 Å². The second-order valence-electron chi connectivity index (χ2n) is 12.7. The number of anilines is 1. The fraction of sp³-hybridized carbons (Fsp3) is 0.371. The lowest BCUT2D eigenvalue weighted by Crippen LogP contribution is -2.34. The summed E-state index contributed by atoms with van der Waals surface area (Å²) in [7, 11) is -1.56. The zero-order chi connectivity index (χ0) is 32.4. The van der Waals surface area contributed by atoms with Crippen LogP contribution in [0.4, 0.5) is 11.4 Å². The van der Waals surface area contributed by atoms with Crippen LogP contribution in [0.25, 0.3) is 17.2 Å². The lowest BCUT2D eigenvalue weighted by atomic mass is 10.0. The SMILES string of the molecule is CCCN(OCc1ccc(N)cc1)C(=O)C1=Cc2ccc(-c3cccc(S(=O)(=O)NC4CC5CN(C)CC5C4)c3)cc2N=C(N)C1. The second kappa shape index (κ2) is 13.4. The molecule has 0 aromatic heterocycles. The second-order valence-corrected chi connectivity index (χ2v) is 14.4. The topological polar surface area (TPSA) is 143 Å². The van der Waals surface area contributed by atoms with Gasteiger partial charge in [-0.15, -0.1) is 0 Å². The lowest BCUT2D eigenvalue weighted by molar-refractivity contribution is -0.187. The van der Waals surface area contributed by atoms with Crippen LogP contribution in [0.3, 0.4) is 0 Å². The highest BCUT2D eigenvalue weighted by atomic mass is 32.2. The fourth-order valence-corrected chi connectivity index (χ4v) is 8.13. The van der Waals surface area contributed by atoms with Crippen molar-refractivity contribution >= 4 is 39.2 Å². The predicted molar refractivity (Wildman–Crippen MR) is 181 cm³/mol. The summed E-state index contributed by atoms with van der Waals surface area (Å²) in [6, 6.07) is 19.9. The standard InChI is InChI=1S/C35H42N6O4S/c1-3-13-41(45-22-23-7-11-30(36)12-8-23)35(42)27-14-26-10-9-25(18-33(26)38-34(37)19-27)24-5-4-6-32(17-24)46(43,44)39-31-15-28-20-40(2)21-29(28)16-31/h4-12,14,17-18,28-29,31,39H,3,13,15-16,19-22,36H2,1-2H3,(H2,37,38). The van der Waals surface area contributed by atoms with Gasteiger partial charge in [0, 0.05) is 48.9 Å². The molecule has 2 fully saturated rings. The Hall–Kier alpha value is -4.03. The third kappa shape index (κ3) is 7.18. The zero-order valence-corrected chi connectivity index (χ0v) is 27.2. The maximum absolute atomic E-state index is 13.6. The molecule has 46 heavy (non-hydrogen) atoms. The number of likely N-dealkylation sites (tertiary alicyclic amines) is 1. The van der Waals surface area contributed by atoms with E-state index in [-0.39, 0.29) is 29.9 Å². The number of amides is 1. The normalized spacial score (nSPS) is 21.2. The van der Waals surface area contributed by atoms with E-state index in [2.05, 4.69) is 21.7 Å². The molecule has 1 saturated carbocycles. The molecule has 2 unspecified atom stereocenters. The molecule has 2 atom stereocenters. The highest BCUT2D eigenvalue weighted by molar-refractivity contribution is 7.89. The number of nitrogens with zero attached hydrogens (tertiary/aromatic N) is 3. The molecule has 1 saturated heterocycles. The third-order valence-electron chi connectivity index (χ3n) is 9.02. The van der Waals surface area contributed by atoms with Crippen molar-refractivity contribution in [3.8, 4) is 11.1 Å². The summed E-state index contributed by atoms with van der Waals surface area (Å²) in [6.07, 6.45) is 4.45. The highest BCUT2D eigenvalue weighted by Crippen LogP contribution is 2.38. The molecule has 0 bridgehead atoms. The first kappa shape index (κ1) is 31.9. The maximum atomic E-state index is 13.6. The number of fused-ring (bicyclic) bond motifs is 2. The van der Waals surface area contributed by atoms with Crippen molar-refractivity contribution in [2.24, 2.45) is 22.6 Å². The van der Waals surface area contributed by atoms with Gasteiger partial charge in [0.25, 0.3) is 5.91 Å². The van der Waals surface area contributed by atoms with E-state index in [0.29, 0.717) is 47.6 Å². The molecule has 0 radical (unpaired) electrons. The van der Waals surface area contributed by atoms with Crippen LogP contribution in [0.5, 0.6) is 0 Å². The first-order valence-electron chi connectivity index (χ1n) is 15.9. The van der Waals surface area contributed by atoms with Gasteiger partial charge in [0.1, 0.15) is 12.4 Å². The molecule has 2 aliphatic heterocycles. The molecule has 3 aliphatic rings. The van der Waals surface area contributed by atoms with Crippen LogP contribution in [0.1, 0.15) is 43.7 Å². The van der Waals surface area contributed by atoms with Gasteiger partial charge in [-0.05, 0) is 91.2 Å². The van der Waals surface area contributed by atoms with Crippen LogP contribution >= 0.6 is 0 Å². The number of nitrogen functional groups attached to an aromatic ring is 1. The first-order valence-corrected chi connectivity index (χ1v) is 17.3. The number of carbonyl (C=O) groups is 1. The van der Waals surface area contributed by atoms with Gasteiger partial charge in [0.2, 0.25) is 10.0 Å². The van der Waals surface area contributed by atoms with Gasteiger partial charge in [-0.1, -0.05) is 43.3 Å². The Kier molecular flexibility index (Phi) is 9.28. The van der Waals surface area contributed by atoms with Crippen molar-refractivity contribution in [3.63, 3.8) is 0 Å². The fourth-order valence-electron chi connectivity index (χ4n) is 6.82. The summed E-state index contributed by atoms with van der Waals surface area (Å²) in [5, 5.41) is 1.38. The molecule has 6 rings (SSSR count). The van der Waals surface area contributed by atoms with E-state index in [1.165, 1.54) is 5.06 Å². The third-order valence-corrected chi connectivity index (χ3v) is 10.5. The molecule has 0 spiro atoms. The Labute approximate surface area is 271 Å². The number of rotatable bonds is 10. The average Bonchev–Trinajstić information content (AvgIpc) is 3.49. The largest absolute Gasteiger partial charge is 0.399 e. The van der Waals surface area contributed by atoms with E-state index in [1.54, 1.807) is 36.4 Å². The van der Waals surface area contributed by atoms with Gasteiger partial charge in [-0.25, -0.2) is 23.2 Å². The summed E-state index contributed by atoms with van der Waals surface area (Å²) in [5.41, 5.74) is 17.0. The van der Waals surface area contributed by atoms with E-state index >= 15 is 0 Å². The Morgan fingerprint density at radius 3 is 2.46 bits per heavy atom. The number of hydroxylamine groups is 2. The van der Waals surface area contributed by atoms with Crippen molar-refractivity contribution in [3.05, 3.63) is 83.4 Å². The minimum absolute atomic E-state index is 0.0396. The number of carbonyl (C=O) groups excluding carboxylic acids is 1. The Balaban J connectivity index is 1.19. The van der Waals surface area contributed by atoms with Gasteiger partial charge in [-0.3, -0.25) is 9.63 Å². The van der Waals surface area contributed by atoms with Gasteiger partial charge in [-0.2, -0.15) is 0 Å². The number of aliphatic imine (C=N–C) groups is 1. The van der Waals surface area contributed by atoms with Gasteiger partial charge in [0.05, 0.1) is 10.6 Å². The van der Waals surface area contributed by atoms with Crippen LogP contribution in [0.2, 0.25) is 0 Å². The number of nitrogens with one attached hydrogen (secondary N) is 1. The summed E-state index contributed by atoms with van der Waals surface area (Å²) in [5.74, 6) is 1.14. The molecule has 3 aromatic carbocycles. The van der Waals surface area contributed by atoms with Gasteiger partial charge >= 0.3 is 0 Å². The summed E-state index contributed by atoms with van der Waals surface area (Å²) >= 11 is 0. The van der Waals surface area contributed by atoms with E-state index < -0.39 is 10.0 Å². The predicted octanol–water partition coefficient (Wildman–Crippen LogP) is 4.70. The summed E-state index contributed by atoms with van der Waals surface area (Å²) in [4.78, 5) is 26.7. The van der Waals surface area contributed by atoms with E-state index in [4.69, 9.17) is 16.3 Å². The minimum Gasteiger partial charge on any atom is -0.399 e. The van der Waals surface area contributed by atoms with Gasteiger partial charge in [0.15, 0.2) is 0 Å². The molecule has 1 aliphatic carbocycles. The molecule has 2 heterocycles. The number of amidine groups is 1. The molecular formula is C35H42N6O4S. The Morgan fingerprint density at radius 1 is 1.02 bits per heavy atom. The Morgan fingerprint density at radius 2 is 1.74 bits per heavy atom. The van der Waals surface area contributed by atoms with Crippen LogP contribution < -0.4 is 16.2 Å². The van der Waals surface area contributed by atoms with Crippen molar-refractivity contribution in [2.75, 3.05) is 32.4 Å². The molecule has 242 valence electrons. The van der Waals surface area contributed by atoms with E-state index in [1.807, 2.05) is 43.3 Å². The van der Waals surface area contributed by atoms with Crippen LogP contribution in [-0.2, 0) is 26.3 Å². The average molecular weight is 643 g/mol. The molecule has 10 nitrogen and oxygen atoms in total. The quantitative estimate of drug-likeness (QED) is 0.215. The molecule has 3 aromatic rings. The smallest absolute Gasteiger partial charge is 0.273 e. The van der Waals surface area contributed by atoms with E-state index in [9.17, 15) is 13.2 Å². The number of nitrogens with two attached hydrogens (primary N) is 2. The molecular weight excluding hydrogens is 600 g/mol. The first-order chi connectivity index (χ1) is 22.1. The minimum atomic E-state index is -3.69. The van der Waals surface area contributed by atoms with Crippen LogP contribution in [0.15, 0.2) is 82.2 Å². The monoisotopic (exact) mass is 642 g/mol. The maximum Gasteiger partial charge on any atom is 0.273 e. The Bertz CT molecular complexity index is 1760.